The number of nitrogens with zero attached hydrogens (tertiary/aromatic N) is 2. The summed E-state index contributed by atoms with van der Waals surface area (Å²) in [7, 11) is 0. The number of carbonyl (C=O) groups is 1. The first-order valence-corrected chi connectivity index (χ1v) is 7.09. The first-order chi connectivity index (χ1) is 10.7. The van der Waals surface area contributed by atoms with Crippen LogP contribution < -0.4 is 5.32 Å². The number of benzene rings is 1. The lowest BCUT2D eigenvalue weighted by atomic mass is 9.98. The van der Waals surface area contributed by atoms with Gasteiger partial charge in [-0.05, 0) is 26.8 Å². The molecule has 23 heavy (non-hydrogen) atoms. The highest BCUT2D eigenvalue weighted by Crippen LogP contribution is 2.37. The van der Waals surface area contributed by atoms with Crippen molar-refractivity contribution in [2.45, 2.75) is 26.7 Å². The summed E-state index contributed by atoms with van der Waals surface area (Å²) in [5.74, 6) is -1.64. The minimum Gasteiger partial charge on any atom is -0.501 e. The average molecular weight is 339 g/mol. The van der Waals surface area contributed by atoms with Gasteiger partial charge in [0.15, 0.2) is 0 Å². The number of amides is 1. The molecule has 8 nitrogen and oxygen atoms in total. The maximum atomic E-state index is 12.4. The quantitative estimate of drug-likeness (QED) is 0.449. The number of phenolic OH excluding ortho intramolecular Hbond substituents is 1. The van der Waals surface area contributed by atoms with E-state index in [0.29, 0.717) is 5.69 Å². The van der Waals surface area contributed by atoms with Gasteiger partial charge in [0.05, 0.1) is 22.2 Å². The second kappa shape index (κ2) is 6.25. The molecule has 122 valence electrons. The molecule has 1 aromatic heterocycles. The smallest absolute Gasteiger partial charge is 0.314 e. The molecule has 0 saturated carbocycles. The van der Waals surface area contributed by atoms with Gasteiger partial charge in [-0.1, -0.05) is 11.6 Å². The number of H-pyrrole nitrogens is 1. The Morgan fingerprint density at radius 2 is 2.13 bits per heavy atom. The summed E-state index contributed by atoms with van der Waals surface area (Å²) in [6.45, 7) is 5.24. The molecule has 0 aliphatic heterocycles. The van der Waals surface area contributed by atoms with Crippen LogP contribution in [0.2, 0.25) is 5.02 Å². The summed E-state index contributed by atoms with van der Waals surface area (Å²) in [5, 5.41) is 30.1. The average Bonchev–Trinajstić information content (AvgIpc) is 2.80. The second-order valence-corrected chi connectivity index (χ2v) is 5.57. The second-order valence-electron chi connectivity index (χ2n) is 5.14. The van der Waals surface area contributed by atoms with Crippen molar-refractivity contribution in [3.8, 4) is 5.75 Å². The van der Waals surface area contributed by atoms with Gasteiger partial charge in [0.1, 0.15) is 0 Å². The third-order valence-electron chi connectivity index (χ3n) is 3.52. The Kier molecular flexibility index (Phi) is 4.55. The number of anilines is 1. The predicted molar refractivity (Wildman–Crippen MR) is 84.9 cm³/mol. The van der Waals surface area contributed by atoms with Crippen LogP contribution in [0.15, 0.2) is 12.1 Å². The van der Waals surface area contributed by atoms with Crippen LogP contribution in [0, 0.1) is 24.0 Å². The molecule has 2 rings (SSSR count). The van der Waals surface area contributed by atoms with Gasteiger partial charge < -0.3 is 10.4 Å². The lowest BCUT2D eigenvalue weighted by molar-refractivity contribution is -0.385. The van der Waals surface area contributed by atoms with Crippen LogP contribution in [0.4, 0.5) is 11.4 Å². The van der Waals surface area contributed by atoms with Gasteiger partial charge in [0, 0.05) is 22.3 Å². The molecule has 1 unspecified atom stereocenters. The lowest BCUT2D eigenvalue weighted by Gasteiger charge is -2.14. The van der Waals surface area contributed by atoms with Crippen molar-refractivity contribution < 1.29 is 14.8 Å². The van der Waals surface area contributed by atoms with Gasteiger partial charge in [-0.2, -0.15) is 5.10 Å². The van der Waals surface area contributed by atoms with Crippen LogP contribution in [0.5, 0.6) is 5.75 Å². The Morgan fingerprint density at radius 1 is 1.48 bits per heavy atom. The van der Waals surface area contributed by atoms with Crippen molar-refractivity contribution in [3.05, 3.63) is 44.2 Å². The summed E-state index contributed by atoms with van der Waals surface area (Å²) in [4.78, 5) is 22.5. The Hall–Kier alpha value is -2.61. The molecule has 9 heteroatoms. The molecule has 1 aromatic carbocycles. The Morgan fingerprint density at radius 3 is 2.65 bits per heavy atom. The Bertz CT molecular complexity index is 768. The third kappa shape index (κ3) is 3.26. The van der Waals surface area contributed by atoms with Crippen molar-refractivity contribution in [1.82, 2.24) is 10.2 Å². The molecule has 2 aromatic rings. The molecule has 1 amide bonds. The number of hydrogen-bond acceptors (Lipinski definition) is 5. The molecule has 0 bridgehead atoms. The first kappa shape index (κ1) is 16.8. The number of nitro benzene ring substituents is 1. The van der Waals surface area contributed by atoms with E-state index in [1.165, 1.54) is 6.07 Å². The number of halogens is 1. The summed E-state index contributed by atoms with van der Waals surface area (Å²) >= 11 is 5.80. The summed E-state index contributed by atoms with van der Waals surface area (Å²) in [6.07, 6.45) is 0. The summed E-state index contributed by atoms with van der Waals surface area (Å²) < 4.78 is 0. The molecule has 0 fully saturated rings. The largest absolute Gasteiger partial charge is 0.501 e. The van der Waals surface area contributed by atoms with E-state index in [-0.39, 0.29) is 10.7 Å². The number of nitrogens with one attached hydrogen (secondary N) is 2. The first-order valence-electron chi connectivity index (χ1n) is 6.71. The van der Waals surface area contributed by atoms with E-state index in [9.17, 15) is 20.0 Å². The fourth-order valence-corrected chi connectivity index (χ4v) is 2.60. The van der Waals surface area contributed by atoms with E-state index in [2.05, 4.69) is 15.5 Å². The monoisotopic (exact) mass is 338 g/mol. The van der Waals surface area contributed by atoms with Crippen LogP contribution in [-0.2, 0) is 4.79 Å². The van der Waals surface area contributed by atoms with E-state index >= 15 is 0 Å². The standard InChI is InChI=1S/C14H15ClN4O4/c1-6(12-7(2)17-18-8(12)3)14(21)16-10-4-9(15)5-11(13(10)20)19(22)23/h4-6,20H,1-3H3,(H,16,21)(H,17,18). The topological polar surface area (TPSA) is 121 Å². The van der Waals surface area contributed by atoms with Crippen molar-refractivity contribution in [3.63, 3.8) is 0 Å². The SMILES string of the molecule is Cc1n[nH]c(C)c1C(C)C(=O)Nc1cc(Cl)cc([N+](=O)[O-])c1O. The fraction of sp³-hybridized carbons (Fsp3) is 0.286. The van der Waals surface area contributed by atoms with Crippen LogP contribution in [0.25, 0.3) is 0 Å². The Balaban J connectivity index is 2.32. The van der Waals surface area contributed by atoms with Crippen molar-refractivity contribution in [2.24, 2.45) is 0 Å². The van der Waals surface area contributed by atoms with Gasteiger partial charge in [0.25, 0.3) is 0 Å². The number of aromatic hydroxyl groups is 1. The predicted octanol–water partition coefficient (Wildman–Crippen LogP) is 3.04. The third-order valence-corrected chi connectivity index (χ3v) is 3.74. The highest BCUT2D eigenvalue weighted by molar-refractivity contribution is 6.31. The number of carbonyl (C=O) groups excluding carboxylic acids is 1. The van der Waals surface area contributed by atoms with E-state index in [4.69, 9.17) is 11.6 Å². The molecule has 0 aliphatic rings. The van der Waals surface area contributed by atoms with Crippen LogP contribution in [0.1, 0.15) is 29.8 Å². The van der Waals surface area contributed by atoms with Crippen LogP contribution >= 0.6 is 11.6 Å². The molecule has 0 saturated heterocycles. The normalized spacial score (nSPS) is 12.0. The summed E-state index contributed by atoms with van der Waals surface area (Å²) in [5.41, 5.74) is 1.49. The van der Waals surface area contributed by atoms with E-state index in [0.717, 1.165) is 17.3 Å². The maximum Gasteiger partial charge on any atom is 0.314 e. The number of aromatic amines is 1. The van der Waals surface area contributed by atoms with Crippen molar-refractivity contribution in [2.75, 3.05) is 5.32 Å². The van der Waals surface area contributed by atoms with E-state index in [1.54, 1.807) is 20.8 Å². The molecular weight excluding hydrogens is 324 g/mol. The van der Waals surface area contributed by atoms with Gasteiger partial charge in [-0.15, -0.1) is 0 Å². The zero-order chi connectivity index (χ0) is 17.3. The number of aryl methyl sites for hydroxylation is 2. The molecule has 3 N–H and O–H groups in total. The van der Waals surface area contributed by atoms with Gasteiger partial charge in [-0.25, -0.2) is 0 Å². The molecule has 1 atom stereocenters. The van der Waals surface area contributed by atoms with Crippen LogP contribution in [0.3, 0.4) is 0 Å². The van der Waals surface area contributed by atoms with Gasteiger partial charge in [-0.3, -0.25) is 20.0 Å². The highest BCUT2D eigenvalue weighted by atomic mass is 35.5. The number of nitro groups is 1. The van der Waals surface area contributed by atoms with Crippen molar-refractivity contribution in [1.29, 1.82) is 0 Å². The number of hydrogen-bond donors (Lipinski definition) is 3. The zero-order valence-electron chi connectivity index (χ0n) is 12.7. The molecule has 0 radical (unpaired) electrons. The molecule has 0 aliphatic carbocycles. The highest BCUT2D eigenvalue weighted by Gasteiger charge is 2.25. The summed E-state index contributed by atoms with van der Waals surface area (Å²) in [6, 6.07) is 2.27. The fourth-order valence-electron chi connectivity index (χ4n) is 2.39. The van der Waals surface area contributed by atoms with Gasteiger partial charge >= 0.3 is 5.69 Å². The zero-order valence-corrected chi connectivity index (χ0v) is 13.4. The molecule has 0 spiro atoms. The van der Waals surface area contributed by atoms with E-state index < -0.39 is 28.2 Å². The van der Waals surface area contributed by atoms with Crippen LogP contribution in [-0.4, -0.2) is 26.1 Å². The molecular formula is C14H15ClN4O4. The van der Waals surface area contributed by atoms with Gasteiger partial charge in [0.2, 0.25) is 11.7 Å². The number of rotatable bonds is 4. The minimum absolute atomic E-state index is 0.0353. The van der Waals surface area contributed by atoms with Crippen molar-refractivity contribution >= 4 is 28.9 Å². The van der Waals surface area contributed by atoms with E-state index in [1.807, 2.05) is 0 Å². The minimum atomic E-state index is -0.773. The number of aromatic nitrogens is 2. The molecule has 1 heterocycles. The number of phenols is 1. The lowest BCUT2D eigenvalue weighted by Crippen LogP contribution is -2.20. The Labute approximate surface area is 136 Å². The maximum absolute atomic E-state index is 12.4.